The first kappa shape index (κ1) is 11.5. The SMILES string of the molecule is O[C@@H]1CCN(Cc2ncc3sc(Br)cc3n2)C1. The standard InChI is InChI=1S/C11H12BrN3OS/c12-10-3-8-9(17-10)4-13-11(14-8)6-15-2-1-7(16)5-15/h3-4,7,16H,1-2,5-6H2/t7-/m1/s1. The van der Waals surface area contributed by atoms with Gasteiger partial charge in [-0.3, -0.25) is 4.90 Å². The van der Waals surface area contributed by atoms with E-state index in [1.807, 2.05) is 12.3 Å². The van der Waals surface area contributed by atoms with Gasteiger partial charge in [-0.25, -0.2) is 9.97 Å². The molecule has 0 radical (unpaired) electrons. The number of thiophene rings is 1. The molecule has 1 aliphatic heterocycles. The molecule has 1 aliphatic rings. The average Bonchev–Trinajstić information content (AvgIpc) is 2.83. The quantitative estimate of drug-likeness (QED) is 0.921. The fourth-order valence-electron chi connectivity index (χ4n) is 2.08. The lowest BCUT2D eigenvalue weighted by molar-refractivity contribution is 0.174. The Morgan fingerprint density at radius 2 is 2.47 bits per heavy atom. The van der Waals surface area contributed by atoms with Crippen LogP contribution >= 0.6 is 27.3 Å². The number of likely N-dealkylation sites (tertiary alicyclic amines) is 1. The van der Waals surface area contributed by atoms with Crippen molar-refractivity contribution in [2.75, 3.05) is 13.1 Å². The van der Waals surface area contributed by atoms with Crippen LogP contribution in [-0.2, 0) is 6.54 Å². The summed E-state index contributed by atoms with van der Waals surface area (Å²) in [6, 6.07) is 2.02. The van der Waals surface area contributed by atoms with Crippen molar-refractivity contribution in [3.8, 4) is 0 Å². The van der Waals surface area contributed by atoms with Gasteiger partial charge in [0.2, 0.25) is 0 Å². The number of halogens is 1. The molecule has 17 heavy (non-hydrogen) atoms. The Hall–Kier alpha value is -0.560. The van der Waals surface area contributed by atoms with Crippen molar-refractivity contribution in [3.63, 3.8) is 0 Å². The molecule has 2 aromatic heterocycles. The van der Waals surface area contributed by atoms with Gasteiger partial charge in [-0.05, 0) is 28.4 Å². The normalized spacial score (nSPS) is 21.4. The Morgan fingerprint density at radius 1 is 1.59 bits per heavy atom. The van der Waals surface area contributed by atoms with Gasteiger partial charge in [0.05, 0.1) is 26.7 Å². The molecular weight excluding hydrogens is 302 g/mol. The number of aromatic nitrogens is 2. The van der Waals surface area contributed by atoms with Crippen LogP contribution < -0.4 is 0 Å². The van der Waals surface area contributed by atoms with Crippen LogP contribution in [0.15, 0.2) is 16.0 Å². The highest BCUT2D eigenvalue weighted by Gasteiger charge is 2.20. The minimum atomic E-state index is -0.186. The molecule has 1 atom stereocenters. The van der Waals surface area contributed by atoms with Gasteiger partial charge in [-0.1, -0.05) is 0 Å². The fraction of sp³-hybridized carbons (Fsp3) is 0.455. The number of β-amino-alcohol motifs (C(OH)–C–C–N with tert-alkyl or cyclic N) is 1. The zero-order valence-corrected chi connectivity index (χ0v) is 11.5. The maximum absolute atomic E-state index is 9.47. The summed E-state index contributed by atoms with van der Waals surface area (Å²) in [6.45, 7) is 2.38. The largest absolute Gasteiger partial charge is 0.392 e. The number of rotatable bonds is 2. The van der Waals surface area contributed by atoms with Crippen molar-refractivity contribution in [2.45, 2.75) is 19.1 Å². The van der Waals surface area contributed by atoms with Gasteiger partial charge in [0.15, 0.2) is 0 Å². The van der Waals surface area contributed by atoms with E-state index in [0.29, 0.717) is 0 Å². The molecule has 0 aromatic carbocycles. The highest BCUT2D eigenvalue weighted by Crippen LogP contribution is 2.27. The minimum Gasteiger partial charge on any atom is -0.392 e. The summed E-state index contributed by atoms with van der Waals surface area (Å²) in [4.78, 5) is 11.1. The lowest BCUT2D eigenvalue weighted by Gasteiger charge is -2.13. The third kappa shape index (κ3) is 2.49. The van der Waals surface area contributed by atoms with Crippen LogP contribution in [0, 0.1) is 0 Å². The molecule has 3 rings (SSSR count). The summed E-state index contributed by atoms with van der Waals surface area (Å²) in [7, 11) is 0. The topological polar surface area (TPSA) is 49.2 Å². The van der Waals surface area contributed by atoms with E-state index in [4.69, 9.17) is 0 Å². The second kappa shape index (κ2) is 4.61. The average molecular weight is 314 g/mol. The van der Waals surface area contributed by atoms with Gasteiger partial charge in [0, 0.05) is 19.3 Å². The Balaban J connectivity index is 1.80. The third-order valence-corrected chi connectivity index (χ3v) is 4.46. The molecule has 0 amide bonds. The molecule has 0 aliphatic carbocycles. The van der Waals surface area contributed by atoms with E-state index in [1.165, 1.54) is 0 Å². The molecule has 0 unspecified atom stereocenters. The predicted molar refractivity (Wildman–Crippen MR) is 71.0 cm³/mol. The van der Waals surface area contributed by atoms with Crippen molar-refractivity contribution in [2.24, 2.45) is 0 Å². The zero-order chi connectivity index (χ0) is 11.8. The molecule has 6 heteroatoms. The summed E-state index contributed by atoms with van der Waals surface area (Å²) in [5.41, 5.74) is 0.992. The minimum absolute atomic E-state index is 0.186. The fourth-order valence-corrected chi connectivity index (χ4v) is 3.51. The molecule has 1 N–H and O–H groups in total. The second-order valence-electron chi connectivity index (χ2n) is 4.26. The highest BCUT2D eigenvalue weighted by atomic mass is 79.9. The van der Waals surface area contributed by atoms with Gasteiger partial charge in [-0.2, -0.15) is 0 Å². The van der Waals surface area contributed by atoms with Gasteiger partial charge in [0.1, 0.15) is 5.82 Å². The van der Waals surface area contributed by atoms with E-state index in [0.717, 1.165) is 45.9 Å². The maximum Gasteiger partial charge on any atom is 0.143 e. The Morgan fingerprint density at radius 3 is 3.24 bits per heavy atom. The summed E-state index contributed by atoms with van der Waals surface area (Å²) < 4.78 is 2.18. The van der Waals surface area contributed by atoms with Crippen molar-refractivity contribution in [1.82, 2.24) is 14.9 Å². The highest BCUT2D eigenvalue weighted by molar-refractivity contribution is 9.11. The number of nitrogens with zero attached hydrogens (tertiary/aromatic N) is 3. The van der Waals surface area contributed by atoms with Gasteiger partial charge in [-0.15, -0.1) is 11.3 Å². The van der Waals surface area contributed by atoms with E-state index >= 15 is 0 Å². The van der Waals surface area contributed by atoms with Crippen LogP contribution in [-0.4, -0.2) is 39.2 Å². The molecule has 0 bridgehead atoms. The van der Waals surface area contributed by atoms with Crippen LogP contribution in [0.5, 0.6) is 0 Å². The number of fused-ring (bicyclic) bond motifs is 1. The predicted octanol–water partition coefficient (Wildman–Crippen LogP) is 2.02. The first-order valence-electron chi connectivity index (χ1n) is 5.52. The molecule has 1 fully saturated rings. The summed E-state index contributed by atoms with van der Waals surface area (Å²) >= 11 is 5.09. The van der Waals surface area contributed by atoms with E-state index in [2.05, 4.69) is 30.8 Å². The molecule has 0 saturated carbocycles. The number of hydrogen-bond donors (Lipinski definition) is 1. The monoisotopic (exact) mass is 313 g/mol. The molecule has 3 heterocycles. The van der Waals surface area contributed by atoms with Crippen molar-refractivity contribution < 1.29 is 5.11 Å². The van der Waals surface area contributed by atoms with E-state index < -0.39 is 0 Å². The van der Waals surface area contributed by atoms with Crippen molar-refractivity contribution in [3.05, 3.63) is 21.9 Å². The molecule has 0 spiro atoms. The van der Waals surface area contributed by atoms with Crippen LogP contribution in [0.4, 0.5) is 0 Å². The Labute approximate surface area is 111 Å². The van der Waals surface area contributed by atoms with Gasteiger partial charge in [0.25, 0.3) is 0 Å². The third-order valence-electron chi connectivity index (χ3n) is 2.90. The lowest BCUT2D eigenvalue weighted by atomic mass is 10.3. The van der Waals surface area contributed by atoms with Crippen molar-refractivity contribution >= 4 is 37.5 Å². The molecule has 1 saturated heterocycles. The van der Waals surface area contributed by atoms with E-state index in [-0.39, 0.29) is 6.10 Å². The molecule has 4 nitrogen and oxygen atoms in total. The first-order chi connectivity index (χ1) is 8.20. The summed E-state index contributed by atoms with van der Waals surface area (Å²) in [5, 5.41) is 9.47. The van der Waals surface area contributed by atoms with Crippen LogP contribution in [0.25, 0.3) is 10.2 Å². The Bertz CT molecular complexity index is 544. The molecular formula is C11H12BrN3OS. The van der Waals surface area contributed by atoms with Crippen LogP contribution in [0.3, 0.4) is 0 Å². The van der Waals surface area contributed by atoms with Gasteiger partial charge < -0.3 is 5.11 Å². The number of aliphatic hydroxyl groups is 1. The van der Waals surface area contributed by atoms with Crippen LogP contribution in [0.1, 0.15) is 12.2 Å². The lowest BCUT2D eigenvalue weighted by Crippen LogP contribution is -2.22. The molecule has 2 aromatic rings. The first-order valence-corrected chi connectivity index (χ1v) is 7.13. The number of aliphatic hydroxyl groups excluding tert-OH is 1. The van der Waals surface area contributed by atoms with Gasteiger partial charge >= 0.3 is 0 Å². The summed E-state index contributed by atoms with van der Waals surface area (Å²) in [5.74, 6) is 0.830. The smallest absolute Gasteiger partial charge is 0.143 e. The Kier molecular flexibility index (Phi) is 3.12. The maximum atomic E-state index is 9.47. The zero-order valence-electron chi connectivity index (χ0n) is 9.14. The molecule has 90 valence electrons. The van der Waals surface area contributed by atoms with E-state index in [9.17, 15) is 5.11 Å². The van der Waals surface area contributed by atoms with E-state index in [1.54, 1.807) is 11.3 Å². The number of hydrogen-bond acceptors (Lipinski definition) is 5. The second-order valence-corrected chi connectivity index (χ2v) is 6.73. The van der Waals surface area contributed by atoms with Crippen molar-refractivity contribution in [1.29, 1.82) is 0 Å². The summed E-state index contributed by atoms with van der Waals surface area (Å²) in [6.07, 6.45) is 2.54. The van der Waals surface area contributed by atoms with Crippen LogP contribution in [0.2, 0.25) is 0 Å².